The van der Waals surface area contributed by atoms with Crippen molar-refractivity contribution in [3.05, 3.63) is 60.2 Å². The highest BCUT2D eigenvalue weighted by Crippen LogP contribution is 2.12. The second kappa shape index (κ2) is 7.34. The average Bonchev–Trinajstić information content (AvgIpc) is 2.49. The summed E-state index contributed by atoms with van der Waals surface area (Å²) in [6.45, 7) is 2.16. The van der Waals surface area contributed by atoms with E-state index in [9.17, 15) is 4.79 Å². The molecule has 0 heterocycles. The summed E-state index contributed by atoms with van der Waals surface area (Å²) < 4.78 is 5.39. The Bertz CT molecular complexity index is 535. The second-order valence-corrected chi connectivity index (χ2v) is 4.60. The predicted molar refractivity (Wildman–Crippen MR) is 81.0 cm³/mol. The van der Waals surface area contributed by atoms with Gasteiger partial charge in [-0.2, -0.15) is 0 Å². The molecule has 0 saturated carbocycles. The van der Waals surface area contributed by atoms with E-state index in [-0.39, 0.29) is 12.5 Å². The molecule has 3 nitrogen and oxygen atoms in total. The number of nitrogens with one attached hydrogen (secondary N) is 1. The Kier molecular flexibility index (Phi) is 5.18. The Morgan fingerprint density at radius 3 is 2.40 bits per heavy atom. The van der Waals surface area contributed by atoms with Crippen molar-refractivity contribution in [1.82, 2.24) is 0 Å². The molecule has 0 unspecified atom stereocenters. The molecule has 0 radical (unpaired) electrons. The molecule has 0 saturated heterocycles. The van der Waals surface area contributed by atoms with E-state index in [1.807, 2.05) is 54.6 Å². The number of carbonyl (C=O) groups excluding carboxylic acids is 1. The molecule has 0 atom stereocenters. The molecule has 20 heavy (non-hydrogen) atoms. The molecule has 0 spiro atoms. The van der Waals surface area contributed by atoms with Gasteiger partial charge in [-0.3, -0.25) is 4.79 Å². The van der Waals surface area contributed by atoms with Crippen LogP contribution in [-0.4, -0.2) is 12.5 Å². The molecule has 104 valence electrons. The van der Waals surface area contributed by atoms with Gasteiger partial charge in [0.1, 0.15) is 5.75 Å². The first kappa shape index (κ1) is 14.1. The molecular formula is C17H19NO2. The molecule has 0 fully saturated rings. The highest BCUT2D eigenvalue weighted by Gasteiger charge is 2.03. The fourth-order valence-corrected chi connectivity index (χ4v) is 1.91. The van der Waals surface area contributed by atoms with E-state index in [0.29, 0.717) is 5.75 Å². The molecule has 1 N–H and O–H groups in total. The van der Waals surface area contributed by atoms with Crippen LogP contribution in [0.2, 0.25) is 0 Å². The van der Waals surface area contributed by atoms with E-state index in [1.54, 1.807) is 0 Å². The van der Waals surface area contributed by atoms with E-state index < -0.39 is 0 Å². The highest BCUT2D eigenvalue weighted by atomic mass is 16.5. The van der Waals surface area contributed by atoms with Crippen LogP contribution < -0.4 is 10.1 Å². The Labute approximate surface area is 119 Å². The van der Waals surface area contributed by atoms with Crippen molar-refractivity contribution in [2.24, 2.45) is 0 Å². The predicted octanol–water partition coefficient (Wildman–Crippen LogP) is 3.66. The number of amides is 1. The molecule has 1 amide bonds. The number of carbonyl (C=O) groups is 1. The van der Waals surface area contributed by atoms with Gasteiger partial charge in [-0.15, -0.1) is 0 Å². The number of para-hydroxylation sites is 1. The Morgan fingerprint density at radius 1 is 1.05 bits per heavy atom. The lowest BCUT2D eigenvalue weighted by atomic mass is 10.1. The fraction of sp³-hybridized carbons (Fsp3) is 0.235. The lowest BCUT2D eigenvalue weighted by Gasteiger charge is -2.08. The maximum atomic E-state index is 11.8. The third-order valence-electron chi connectivity index (χ3n) is 2.89. The molecule has 0 aromatic heterocycles. The minimum Gasteiger partial charge on any atom is -0.484 e. The lowest BCUT2D eigenvalue weighted by Crippen LogP contribution is -2.20. The Hall–Kier alpha value is -2.29. The quantitative estimate of drug-likeness (QED) is 0.869. The second-order valence-electron chi connectivity index (χ2n) is 4.60. The average molecular weight is 269 g/mol. The van der Waals surface area contributed by atoms with E-state index in [4.69, 9.17) is 4.74 Å². The maximum absolute atomic E-state index is 11.8. The zero-order chi connectivity index (χ0) is 14.2. The van der Waals surface area contributed by atoms with Crippen molar-refractivity contribution >= 4 is 11.6 Å². The number of ether oxygens (including phenoxy) is 1. The number of aryl methyl sites for hydroxylation is 1. The molecule has 2 rings (SSSR count). The summed E-state index contributed by atoms with van der Waals surface area (Å²) in [6.07, 6.45) is 2.18. The maximum Gasteiger partial charge on any atom is 0.262 e. The van der Waals surface area contributed by atoms with Crippen LogP contribution in [-0.2, 0) is 11.2 Å². The van der Waals surface area contributed by atoms with Gasteiger partial charge in [0.15, 0.2) is 6.61 Å². The zero-order valence-corrected chi connectivity index (χ0v) is 11.6. The van der Waals surface area contributed by atoms with Gasteiger partial charge in [0.05, 0.1) is 0 Å². The highest BCUT2D eigenvalue weighted by molar-refractivity contribution is 5.91. The number of rotatable bonds is 6. The third kappa shape index (κ3) is 4.43. The molecule has 0 aliphatic rings. The van der Waals surface area contributed by atoms with Gasteiger partial charge in [0, 0.05) is 5.69 Å². The number of hydrogen-bond donors (Lipinski definition) is 1. The SMILES string of the molecule is CCCc1ccc(NC(=O)COc2ccccc2)cc1. The van der Waals surface area contributed by atoms with E-state index in [1.165, 1.54) is 5.56 Å². The van der Waals surface area contributed by atoms with Gasteiger partial charge in [0.25, 0.3) is 5.91 Å². The van der Waals surface area contributed by atoms with Gasteiger partial charge in [0.2, 0.25) is 0 Å². The van der Waals surface area contributed by atoms with Crippen molar-refractivity contribution in [1.29, 1.82) is 0 Å². The molecule has 0 bridgehead atoms. The Balaban J connectivity index is 1.82. The molecule has 0 aliphatic carbocycles. The number of anilines is 1. The van der Waals surface area contributed by atoms with Crippen LogP contribution >= 0.6 is 0 Å². The largest absolute Gasteiger partial charge is 0.484 e. The third-order valence-corrected chi connectivity index (χ3v) is 2.89. The smallest absolute Gasteiger partial charge is 0.262 e. The standard InChI is InChI=1S/C17H19NO2/c1-2-6-14-9-11-15(12-10-14)18-17(19)13-20-16-7-4-3-5-8-16/h3-5,7-12H,2,6,13H2,1H3,(H,18,19). The Morgan fingerprint density at radius 2 is 1.75 bits per heavy atom. The van der Waals surface area contributed by atoms with Gasteiger partial charge >= 0.3 is 0 Å². The van der Waals surface area contributed by atoms with Crippen LogP contribution in [0.3, 0.4) is 0 Å². The summed E-state index contributed by atoms with van der Waals surface area (Å²) in [5.74, 6) is 0.540. The van der Waals surface area contributed by atoms with Gasteiger partial charge < -0.3 is 10.1 Å². The lowest BCUT2D eigenvalue weighted by molar-refractivity contribution is -0.118. The van der Waals surface area contributed by atoms with Crippen LogP contribution in [0, 0.1) is 0 Å². The summed E-state index contributed by atoms with van der Waals surface area (Å²) in [5.41, 5.74) is 2.08. The number of hydrogen-bond acceptors (Lipinski definition) is 2. The van der Waals surface area contributed by atoms with E-state index >= 15 is 0 Å². The van der Waals surface area contributed by atoms with E-state index in [0.717, 1.165) is 18.5 Å². The van der Waals surface area contributed by atoms with Crippen LogP contribution in [0.25, 0.3) is 0 Å². The van der Waals surface area contributed by atoms with Gasteiger partial charge in [-0.1, -0.05) is 43.7 Å². The van der Waals surface area contributed by atoms with Crippen molar-refractivity contribution < 1.29 is 9.53 Å². The minimum absolute atomic E-state index is 0.0146. The van der Waals surface area contributed by atoms with Crippen LogP contribution in [0.1, 0.15) is 18.9 Å². The van der Waals surface area contributed by atoms with Crippen LogP contribution in [0.15, 0.2) is 54.6 Å². The summed E-state index contributed by atoms with van der Waals surface area (Å²) in [6, 6.07) is 17.2. The molecule has 3 heteroatoms. The van der Waals surface area contributed by atoms with Crippen molar-refractivity contribution in [2.45, 2.75) is 19.8 Å². The van der Waals surface area contributed by atoms with Crippen molar-refractivity contribution in [3.8, 4) is 5.75 Å². The first-order valence-electron chi connectivity index (χ1n) is 6.84. The van der Waals surface area contributed by atoms with Crippen molar-refractivity contribution in [2.75, 3.05) is 11.9 Å². The van der Waals surface area contributed by atoms with Crippen LogP contribution in [0.5, 0.6) is 5.75 Å². The molecule has 2 aromatic carbocycles. The van der Waals surface area contributed by atoms with E-state index in [2.05, 4.69) is 12.2 Å². The summed E-state index contributed by atoms with van der Waals surface area (Å²) in [4.78, 5) is 11.8. The van der Waals surface area contributed by atoms with Crippen molar-refractivity contribution in [3.63, 3.8) is 0 Å². The monoisotopic (exact) mass is 269 g/mol. The number of benzene rings is 2. The van der Waals surface area contributed by atoms with Crippen LogP contribution in [0.4, 0.5) is 5.69 Å². The van der Waals surface area contributed by atoms with Gasteiger partial charge in [-0.25, -0.2) is 0 Å². The topological polar surface area (TPSA) is 38.3 Å². The first-order chi connectivity index (χ1) is 9.78. The molecule has 0 aliphatic heterocycles. The molecule has 2 aromatic rings. The minimum atomic E-state index is -0.155. The zero-order valence-electron chi connectivity index (χ0n) is 11.6. The summed E-state index contributed by atoms with van der Waals surface area (Å²) in [7, 11) is 0. The van der Waals surface area contributed by atoms with Gasteiger partial charge in [-0.05, 0) is 36.2 Å². The summed E-state index contributed by atoms with van der Waals surface area (Å²) >= 11 is 0. The molecular weight excluding hydrogens is 250 g/mol. The summed E-state index contributed by atoms with van der Waals surface area (Å²) in [5, 5.41) is 2.82. The first-order valence-corrected chi connectivity index (χ1v) is 6.84. The fourth-order valence-electron chi connectivity index (χ4n) is 1.91. The normalized spacial score (nSPS) is 10.1.